The number of halogens is 15. The van der Waals surface area contributed by atoms with Gasteiger partial charge in [-0.1, -0.05) is 0 Å². The normalized spacial score (nSPS) is 9.89. The molecule has 47 heavy (non-hydrogen) atoms. The van der Waals surface area contributed by atoms with Crippen molar-refractivity contribution in [3.63, 3.8) is 0 Å². The van der Waals surface area contributed by atoms with Crippen LogP contribution in [0.25, 0.3) is 0 Å². The Morgan fingerprint density at radius 2 is 0.362 bits per heavy atom. The Hall–Kier alpha value is -4.12. The lowest BCUT2D eigenvalue weighted by atomic mass is 10.2. The summed E-state index contributed by atoms with van der Waals surface area (Å²) >= 11 is 0. The molecule has 11 nitrogen and oxygen atoms in total. The molecule has 0 saturated heterocycles. The number of rotatable bonds is 6. The van der Waals surface area contributed by atoms with Gasteiger partial charge in [-0.3, -0.25) is 0 Å². The first-order valence-corrected chi connectivity index (χ1v) is 10.2. The Morgan fingerprint density at radius 1 is 0.255 bits per heavy atom. The molecule has 0 heterocycles. The molecule has 0 aliphatic carbocycles. The molecule has 3 aromatic carbocycles. The molecule has 0 aliphatic rings. The van der Waals surface area contributed by atoms with Crippen molar-refractivity contribution in [2.45, 2.75) is 0 Å². The fourth-order valence-corrected chi connectivity index (χ4v) is 2.38. The Morgan fingerprint density at radius 3 is 0.468 bits per heavy atom. The third-order valence-electron chi connectivity index (χ3n) is 4.18. The van der Waals surface area contributed by atoms with Crippen LogP contribution >= 0.6 is 0 Å². The summed E-state index contributed by atoms with van der Waals surface area (Å²) in [5, 5.41) is 49.0. The molecule has 0 amide bonds. The summed E-state index contributed by atoms with van der Waals surface area (Å²) in [5.41, 5.74) is 0. The highest BCUT2D eigenvalue weighted by atomic mass is 19.2. The third-order valence-corrected chi connectivity index (χ3v) is 4.18. The van der Waals surface area contributed by atoms with Crippen LogP contribution in [0.2, 0.25) is 0 Å². The second-order valence-corrected chi connectivity index (χ2v) is 7.03. The van der Waals surface area contributed by atoms with Gasteiger partial charge in [-0.05, 0) is 0 Å². The molecule has 12 N–H and O–H groups in total. The number of benzene rings is 3. The lowest BCUT2D eigenvalue weighted by molar-refractivity contribution is 0.262. The molecular formula is C18H12B3F15N2O9. The molecule has 0 aliphatic heterocycles. The molecule has 0 radical (unpaired) electrons. The van der Waals surface area contributed by atoms with E-state index in [4.69, 9.17) is 30.1 Å². The predicted molar refractivity (Wildman–Crippen MR) is 121 cm³/mol. The zero-order chi connectivity index (χ0) is 35.2. The van der Waals surface area contributed by atoms with Gasteiger partial charge in [-0.25, -0.2) is 39.5 Å². The lowest BCUT2D eigenvalue weighted by Gasteiger charge is -2.08. The van der Waals surface area contributed by atoms with Gasteiger partial charge in [0.25, 0.3) is 0 Å². The van der Waals surface area contributed by atoms with Crippen LogP contribution in [0, 0.1) is 87.3 Å². The SMILES string of the molecule is N.N.OB(O)Oc1c(F)c(F)c(F)c(F)c1F.OB(O)Oc1c(F)c(F)c(F)c(F)c1F.OB(O)Oc1c(F)c(F)c(F)c(F)c1F. The van der Waals surface area contributed by atoms with Crippen LogP contribution in [0.1, 0.15) is 0 Å². The second-order valence-electron chi connectivity index (χ2n) is 7.03. The summed E-state index contributed by atoms with van der Waals surface area (Å²) in [6.45, 7) is 0. The van der Waals surface area contributed by atoms with E-state index in [1.165, 1.54) is 0 Å². The van der Waals surface area contributed by atoms with E-state index in [9.17, 15) is 65.9 Å². The highest BCUT2D eigenvalue weighted by Gasteiger charge is 2.31. The molecule has 29 heteroatoms. The van der Waals surface area contributed by atoms with Gasteiger partial charge in [-0.2, -0.15) is 26.3 Å². The largest absolute Gasteiger partial charge is 0.707 e. The van der Waals surface area contributed by atoms with Crippen LogP contribution in [0.15, 0.2) is 0 Å². The first-order chi connectivity index (χ1) is 20.6. The van der Waals surface area contributed by atoms with Gasteiger partial charge in [0.15, 0.2) is 17.2 Å². The summed E-state index contributed by atoms with van der Waals surface area (Å²) in [7, 11) is -8.09. The Balaban J connectivity index is 0. The lowest BCUT2D eigenvalue weighted by Crippen LogP contribution is -2.23. The summed E-state index contributed by atoms with van der Waals surface area (Å²) in [5.74, 6) is -39.4. The number of hydrogen-bond acceptors (Lipinski definition) is 11. The molecule has 3 rings (SSSR count). The summed E-state index contributed by atoms with van der Waals surface area (Å²) in [6.07, 6.45) is 0. The average molecular weight is 718 g/mol. The third kappa shape index (κ3) is 10.4. The Kier molecular flexibility index (Phi) is 17.5. The van der Waals surface area contributed by atoms with Crippen molar-refractivity contribution in [2.24, 2.45) is 0 Å². The zero-order valence-electron chi connectivity index (χ0n) is 21.7. The molecule has 0 bridgehead atoms. The van der Waals surface area contributed by atoms with Gasteiger partial charge in [-0.15, -0.1) is 0 Å². The van der Waals surface area contributed by atoms with Crippen LogP contribution in [-0.4, -0.2) is 52.1 Å². The van der Waals surface area contributed by atoms with E-state index in [1.54, 1.807) is 0 Å². The number of hydrogen-bond donors (Lipinski definition) is 8. The summed E-state index contributed by atoms with van der Waals surface area (Å²) < 4.78 is 199. The van der Waals surface area contributed by atoms with Gasteiger partial charge in [0.1, 0.15) is 0 Å². The molecule has 3 aromatic rings. The molecule has 262 valence electrons. The minimum atomic E-state index is -2.70. The summed E-state index contributed by atoms with van der Waals surface area (Å²) in [4.78, 5) is 0. The quantitative estimate of drug-likeness (QED) is 0.0802. The summed E-state index contributed by atoms with van der Waals surface area (Å²) in [6, 6.07) is 0. The minimum absolute atomic E-state index is 0. The van der Waals surface area contributed by atoms with E-state index < -0.39 is 126 Å². The van der Waals surface area contributed by atoms with E-state index in [0.29, 0.717) is 0 Å². The van der Waals surface area contributed by atoms with Crippen LogP contribution < -0.4 is 26.3 Å². The van der Waals surface area contributed by atoms with Gasteiger partial charge >= 0.3 is 22.0 Å². The van der Waals surface area contributed by atoms with E-state index in [2.05, 4.69) is 14.0 Å². The highest BCUT2D eigenvalue weighted by Crippen LogP contribution is 2.31. The molecule has 0 fully saturated rings. The molecule has 0 saturated carbocycles. The minimum Gasteiger partial charge on any atom is -0.507 e. The van der Waals surface area contributed by atoms with Crippen molar-refractivity contribution in [3.05, 3.63) is 87.3 Å². The highest BCUT2D eigenvalue weighted by molar-refractivity contribution is 6.34. The maximum atomic E-state index is 12.7. The van der Waals surface area contributed by atoms with Crippen molar-refractivity contribution in [2.75, 3.05) is 0 Å². The fraction of sp³-hybridized carbons (Fsp3) is 0. The second kappa shape index (κ2) is 18.3. The Bertz CT molecular complexity index is 1290. The maximum Gasteiger partial charge on any atom is 0.707 e. The zero-order valence-corrected chi connectivity index (χ0v) is 21.7. The van der Waals surface area contributed by atoms with Crippen LogP contribution in [0.5, 0.6) is 17.2 Å². The van der Waals surface area contributed by atoms with E-state index in [-0.39, 0.29) is 12.3 Å². The first kappa shape index (κ1) is 45.0. The smallest absolute Gasteiger partial charge is 0.507 e. The van der Waals surface area contributed by atoms with Gasteiger partial charge in [0, 0.05) is 0 Å². The molecule has 0 unspecified atom stereocenters. The van der Waals surface area contributed by atoms with Crippen LogP contribution in [-0.2, 0) is 0 Å². The van der Waals surface area contributed by atoms with Crippen molar-refractivity contribution in [3.8, 4) is 17.2 Å². The van der Waals surface area contributed by atoms with E-state index in [0.717, 1.165) is 0 Å². The van der Waals surface area contributed by atoms with Crippen molar-refractivity contribution < 1.29 is 110 Å². The molecule has 0 atom stereocenters. The van der Waals surface area contributed by atoms with Gasteiger partial charge < -0.3 is 56.4 Å². The predicted octanol–water partition coefficient (Wildman–Crippen LogP) is 2.52. The topological polar surface area (TPSA) is 219 Å². The molecule has 0 aromatic heterocycles. The molecule has 0 spiro atoms. The van der Waals surface area contributed by atoms with Crippen molar-refractivity contribution in [1.82, 2.24) is 12.3 Å². The Labute approximate surface area is 249 Å². The van der Waals surface area contributed by atoms with Crippen LogP contribution in [0.4, 0.5) is 65.9 Å². The van der Waals surface area contributed by atoms with Gasteiger partial charge in [0.05, 0.1) is 0 Å². The fourth-order valence-electron chi connectivity index (χ4n) is 2.38. The van der Waals surface area contributed by atoms with E-state index in [1.807, 2.05) is 0 Å². The van der Waals surface area contributed by atoms with Crippen molar-refractivity contribution >= 4 is 22.0 Å². The average Bonchev–Trinajstić information content (AvgIpc) is 2.98. The van der Waals surface area contributed by atoms with Crippen LogP contribution in [0.3, 0.4) is 0 Å². The molecular weight excluding hydrogens is 706 g/mol. The standard InChI is InChI=1S/3C6H2BF5O3.2H3N/c3*8-1-2(9)4(11)6(15-7(13)14)5(12)3(1)10;;/h3*13-14H;2*1H3. The maximum absolute atomic E-state index is 12.7. The van der Waals surface area contributed by atoms with E-state index >= 15 is 0 Å². The first-order valence-electron chi connectivity index (χ1n) is 10.2. The monoisotopic (exact) mass is 718 g/mol. The van der Waals surface area contributed by atoms with Crippen molar-refractivity contribution in [1.29, 1.82) is 0 Å². The van der Waals surface area contributed by atoms with Gasteiger partial charge in [0.2, 0.25) is 87.3 Å².